The third-order valence-electron chi connectivity index (χ3n) is 11.5. The van der Waals surface area contributed by atoms with Crippen LogP contribution in [0.4, 0.5) is 9.18 Å². The Labute approximate surface area is 399 Å². The van der Waals surface area contributed by atoms with E-state index in [1.165, 1.54) is 40.6 Å². The summed E-state index contributed by atoms with van der Waals surface area (Å²) in [5.74, 6) is -2.95. The summed E-state index contributed by atoms with van der Waals surface area (Å²) in [5.41, 5.74) is 5.39. The molecule has 1 aliphatic rings. The first-order valence-corrected chi connectivity index (χ1v) is 25.5. The smallest absolute Gasteiger partial charge is 0.426 e. The molecule has 3 aromatic rings. The fraction of sp³-hybridized carbons (Fsp3) is 0.565. The minimum Gasteiger partial charge on any atom is -0.455 e. The second kappa shape index (κ2) is 27.1. The number of ether oxygens (including phenoxy) is 2. The van der Waals surface area contributed by atoms with Gasteiger partial charge >= 0.3 is 12.1 Å². The molecule has 0 spiro atoms. The average molecular weight is 973 g/mol. The molecule has 1 aliphatic heterocycles. The predicted molar refractivity (Wildman–Crippen MR) is 255 cm³/mol. The van der Waals surface area contributed by atoms with Gasteiger partial charge in [-0.3, -0.25) is 34.3 Å². The molecule has 4 rings (SSSR count). The predicted octanol–water partition coefficient (Wildman–Crippen LogP) is 6.73. The van der Waals surface area contributed by atoms with Gasteiger partial charge in [0.05, 0.1) is 6.04 Å². The van der Waals surface area contributed by atoms with E-state index in [1.54, 1.807) is 42.6 Å². The van der Waals surface area contributed by atoms with Crippen LogP contribution >= 0.6 is 32.9 Å². The number of rotatable bonds is 23. The number of pyridine rings is 1. The van der Waals surface area contributed by atoms with E-state index in [2.05, 4.69) is 31.5 Å². The number of carbonyl (C=O) groups is 6. The lowest BCUT2D eigenvalue weighted by Gasteiger charge is -2.38. The lowest BCUT2D eigenvalue weighted by molar-refractivity contribution is -0.149. The number of likely N-dealkylation sites (N-methyl/N-ethyl adjacent to an activating group) is 2. The van der Waals surface area contributed by atoms with Gasteiger partial charge in [-0.05, 0) is 91.7 Å². The lowest BCUT2D eigenvalue weighted by Crippen LogP contribution is -2.58. The van der Waals surface area contributed by atoms with Gasteiger partial charge in [0.15, 0.2) is 6.10 Å². The van der Waals surface area contributed by atoms with Gasteiger partial charge in [-0.2, -0.15) is 0 Å². The molecule has 362 valence electrons. The van der Waals surface area contributed by atoms with Crippen molar-refractivity contribution in [2.24, 2.45) is 17.8 Å². The third-order valence-corrected chi connectivity index (χ3v) is 14.7. The maximum Gasteiger partial charge on any atom is 0.426 e. The summed E-state index contributed by atoms with van der Waals surface area (Å²) in [6.45, 7) is 11.7. The van der Waals surface area contributed by atoms with Crippen molar-refractivity contribution in [1.82, 2.24) is 41.3 Å². The Morgan fingerprint density at radius 3 is 2.39 bits per heavy atom. The Bertz CT molecular complexity index is 2050. The number of nitrogens with one attached hydrogen (secondary N) is 4. The summed E-state index contributed by atoms with van der Waals surface area (Å²) in [6, 6.07) is 9.22. The van der Waals surface area contributed by atoms with Crippen LogP contribution in [0.25, 0.3) is 0 Å². The normalized spacial score (nSPS) is 16.7. The molecule has 3 heterocycles. The molecule has 20 heteroatoms. The monoisotopic (exact) mass is 972 g/mol. The number of piperidine rings is 1. The number of likely N-dealkylation sites (tertiary alicyclic amines) is 1. The molecule has 4 N–H and O–H groups in total. The van der Waals surface area contributed by atoms with Crippen molar-refractivity contribution < 1.29 is 42.6 Å². The van der Waals surface area contributed by atoms with Crippen LogP contribution in [0.3, 0.4) is 0 Å². The minimum absolute atomic E-state index is 0.0483. The molecule has 1 fully saturated rings. The van der Waals surface area contributed by atoms with Gasteiger partial charge in [0, 0.05) is 55.7 Å². The zero-order valence-electron chi connectivity index (χ0n) is 39.0. The van der Waals surface area contributed by atoms with Crippen molar-refractivity contribution in [3.05, 3.63) is 76.1 Å². The van der Waals surface area contributed by atoms with Gasteiger partial charge in [-0.15, -0.1) is 11.3 Å². The molecular weight excluding hydrogens is 908 g/mol. The SMILES string of the molecule is CC[C@H](C)C(NC(=O)C1CCCCN1C)C(=O)N(C)[C@H](C[C@@H](OC(C)=O)c1nc(C(=O)NC(Cc2ccc(F)cc2)C[C@H](C)C(=O)NNC(=O)OCCSSc2ccccn2)cs1)C(C)C. The number of benzene rings is 1. The van der Waals surface area contributed by atoms with Gasteiger partial charge in [0.1, 0.15) is 34.2 Å². The van der Waals surface area contributed by atoms with E-state index in [4.69, 9.17) is 9.47 Å². The number of nitrogens with zero attached hydrogens (tertiary/aromatic N) is 4. The van der Waals surface area contributed by atoms with Crippen LogP contribution in [0.15, 0.2) is 59.1 Å². The van der Waals surface area contributed by atoms with Crippen molar-refractivity contribution in [2.75, 3.05) is 33.0 Å². The topological polar surface area (TPSA) is 201 Å². The zero-order valence-corrected chi connectivity index (χ0v) is 41.5. The van der Waals surface area contributed by atoms with E-state index in [0.29, 0.717) is 22.7 Å². The first-order valence-electron chi connectivity index (χ1n) is 22.4. The highest BCUT2D eigenvalue weighted by Gasteiger charge is 2.37. The van der Waals surface area contributed by atoms with Gasteiger partial charge in [0.25, 0.3) is 5.91 Å². The van der Waals surface area contributed by atoms with Crippen LogP contribution in [0, 0.1) is 23.6 Å². The van der Waals surface area contributed by atoms with Gasteiger partial charge in [-0.1, -0.05) is 76.5 Å². The highest BCUT2D eigenvalue weighted by atomic mass is 33.1. The first-order chi connectivity index (χ1) is 31.5. The van der Waals surface area contributed by atoms with Crippen LogP contribution in [0.2, 0.25) is 0 Å². The third kappa shape index (κ3) is 17.1. The highest BCUT2D eigenvalue weighted by molar-refractivity contribution is 8.76. The minimum atomic E-state index is -0.911. The second-order valence-corrected chi connectivity index (χ2v) is 20.3. The summed E-state index contributed by atoms with van der Waals surface area (Å²) in [7, 11) is 6.54. The fourth-order valence-electron chi connectivity index (χ4n) is 7.59. The van der Waals surface area contributed by atoms with Crippen LogP contribution in [-0.2, 0) is 35.1 Å². The number of esters is 1. The molecule has 0 radical (unpaired) electrons. The average Bonchev–Trinajstić information content (AvgIpc) is 3.79. The van der Waals surface area contributed by atoms with Crippen LogP contribution < -0.4 is 21.5 Å². The number of halogens is 1. The molecule has 1 aromatic carbocycles. The van der Waals surface area contributed by atoms with E-state index in [-0.39, 0.29) is 61.3 Å². The van der Waals surface area contributed by atoms with Crippen LogP contribution in [0.1, 0.15) is 107 Å². The van der Waals surface area contributed by atoms with Crippen molar-refractivity contribution in [2.45, 2.75) is 122 Å². The number of hydrogen-bond donors (Lipinski definition) is 4. The molecular formula is C46H65FN8O8S3. The van der Waals surface area contributed by atoms with Crippen LogP contribution in [-0.4, -0.2) is 113 Å². The van der Waals surface area contributed by atoms with E-state index >= 15 is 0 Å². The van der Waals surface area contributed by atoms with Crippen molar-refractivity contribution in [3.63, 3.8) is 0 Å². The Kier molecular flexibility index (Phi) is 22.1. The summed E-state index contributed by atoms with van der Waals surface area (Å²) < 4.78 is 24.8. The first kappa shape index (κ1) is 53.8. The Morgan fingerprint density at radius 1 is 1.00 bits per heavy atom. The molecule has 66 heavy (non-hydrogen) atoms. The summed E-state index contributed by atoms with van der Waals surface area (Å²) >= 11 is 1.13. The van der Waals surface area contributed by atoms with Crippen molar-refractivity contribution in [1.29, 1.82) is 0 Å². The zero-order chi connectivity index (χ0) is 48.3. The second-order valence-electron chi connectivity index (χ2n) is 17.0. The standard InChI is InChI=1S/C46H65FN8O8S3/c1-9-29(4)40(51-43(59)36-14-11-13-21-54(36)7)45(60)55(8)37(28(2)3)26-38(63-31(6)56)44-50-35(27-64-44)42(58)49-34(25-32-16-18-33(47)19-17-32)24-30(5)41(57)52-53-46(61)62-22-23-65-66-39-15-10-12-20-48-39/h10,12,15-20,27-30,34,36-38,40H,9,11,13-14,21-26H2,1-8H3,(H,49,58)(H,51,59)(H,52,57)(H,53,61)/t29-,30-,34?,36?,37+,38+,40?/m0/s1. The molecule has 3 unspecified atom stereocenters. The van der Waals surface area contributed by atoms with E-state index in [1.807, 2.05) is 57.8 Å². The van der Waals surface area contributed by atoms with Gasteiger partial charge in [-0.25, -0.2) is 24.6 Å². The molecule has 1 saturated heterocycles. The molecule has 7 atom stereocenters. The maximum atomic E-state index is 14.3. The molecule has 16 nitrogen and oxygen atoms in total. The lowest BCUT2D eigenvalue weighted by atomic mass is 9.92. The summed E-state index contributed by atoms with van der Waals surface area (Å²) in [6.07, 6.45) is 3.85. The largest absolute Gasteiger partial charge is 0.455 e. The maximum absolute atomic E-state index is 14.3. The van der Waals surface area contributed by atoms with E-state index in [0.717, 1.165) is 42.2 Å². The Balaban J connectivity index is 1.42. The van der Waals surface area contributed by atoms with Crippen molar-refractivity contribution in [3.8, 4) is 0 Å². The van der Waals surface area contributed by atoms with Gasteiger partial charge < -0.3 is 25.0 Å². The molecule has 0 bridgehead atoms. The summed E-state index contributed by atoms with van der Waals surface area (Å²) in [5, 5.41) is 8.77. The Hall–Kier alpha value is -4.79. The highest BCUT2D eigenvalue weighted by Crippen LogP contribution is 2.32. The van der Waals surface area contributed by atoms with E-state index < -0.39 is 59.8 Å². The number of aromatic nitrogens is 2. The van der Waals surface area contributed by atoms with Crippen LogP contribution in [0.5, 0.6) is 0 Å². The number of hydrazine groups is 1. The van der Waals surface area contributed by atoms with Gasteiger partial charge in [0.2, 0.25) is 17.7 Å². The fourth-order valence-corrected chi connectivity index (χ4v) is 10.1. The number of thiazole rings is 1. The molecule has 2 aromatic heterocycles. The quantitative estimate of drug-likeness (QED) is 0.0338. The van der Waals surface area contributed by atoms with Crippen molar-refractivity contribution >= 4 is 68.6 Å². The number of hydrogen-bond acceptors (Lipinski definition) is 14. The number of amides is 5. The number of carbonyl (C=O) groups excluding carboxylic acids is 6. The molecule has 5 amide bonds. The van der Waals surface area contributed by atoms with E-state index in [9.17, 15) is 33.2 Å². The molecule has 0 saturated carbocycles. The Morgan fingerprint density at radius 2 is 1.74 bits per heavy atom. The summed E-state index contributed by atoms with van der Waals surface area (Å²) in [4.78, 5) is 92.1. The molecule has 0 aliphatic carbocycles.